The molecule has 19 nitrogen and oxygen atoms in total. The summed E-state index contributed by atoms with van der Waals surface area (Å²) in [6.07, 6.45) is 15.3. The number of nitrogens with one attached hydrogen (secondary N) is 1. The molecular weight excluding hydrogens is 975 g/mol. The number of amides is 1. The molecule has 0 bridgehead atoms. The van der Waals surface area contributed by atoms with E-state index in [-0.39, 0.29) is 18.9 Å². The summed E-state index contributed by atoms with van der Waals surface area (Å²) in [7, 11) is 0. The highest BCUT2D eigenvalue weighted by molar-refractivity contribution is 5.76. The maximum absolute atomic E-state index is 13.3. The standard InChI is InChI=1S/C56H99NO18/c1-3-5-7-9-11-13-15-17-19-21-23-25-27-29-31-33-40(61)39(57-44(62)34-32-30-28-26-24-22-20-18-16-14-12-10-8-6-4-2)38-70-54-50(68)47(65)52(42(36-59)72-54)75-56-51(69)48(66)53(43(37-60)73-56)74-55-49(67)46(64)45(63)41(35-58)71-55/h12,14,18,20,23,25,31,33,39-43,45-56,58-61,63-69H,3-11,13,15-17,19,21-22,24,26-30,32,34-38H2,1-2H3,(H,57,62)/b14-12-,20-18-,25-23+,33-31+. The zero-order valence-corrected chi connectivity index (χ0v) is 45.0. The van der Waals surface area contributed by atoms with Gasteiger partial charge in [0.1, 0.15) is 73.2 Å². The van der Waals surface area contributed by atoms with Crippen molar-refractivity contribution >= 4 is 5.91 Å². The van der Waals surface area contributed by atoms with E-state index in [1.807, 2.05) is 6.08 Å². The first-order chi connectivity index (χ1) is 36.3. The number of hydrogen-bond donors (Lipinski definition) is 12. The smallest absolute Gasteiger partial charge is 0.220 e. The topological polar surface area (TPSA) is 307 Å². The lowest BCUT2D eigenvalue weighted by Gasteiger charge is -2.48. The zero-order valence-electron chi connectivity index (χ0n) is 45.0. The summed E-state index contributed by atoms with van der Waals surface area (Å²) in [6, 6.07) is -0.996. The van der Waals surface area contributed by atoms with E-state index < -0.39 is 124 Å². The summed E-state index contributed by atoms with van der Waals surface area (Å²) in [5, 5.41) is 120. The average Bonchev–Trinajstić information content (AvgIpc) is 3.41. The predicted molar refractivity (Wildman–Crippen MR) is 282 cm³/mol. The summed E-state index contributed by atoms with van der Waals surface area (Å²) in [5.41, 5.74) is 0. The van der Waals surface area contributed by atoms with E-state index in [1.54, 1.807) is 6.08 Å². The maximum atomic E-state index is 13.3. The van der Waals surface area contributed by atoms with Gasteiger partial charge in [0.25, 0.3) is 0 Å². The van der Waals surface area contributed by atoms with Crippen LogP contribution in [0.2, 0.25) is 0 Å². The van der Waals surface area contributed by atoms with Crippen LogP contribution in [-0.4, -0.2) is 193 Å². The highest BCUT2D eigenvalue weighted by atomic mass is 16.8. The summed E-state index contributed by atoms with van der Waals surface area (Å²) in [6.45, 7) is 1.63. The number of allylic oxidation sites excluding steroid dienone is 7. The fourth-order valence-corrected chi connectivity index (χ4v) is 9.35. The van der Waals surface area contributed by atoms with Crippen molar-refractivity contribution < 1.29 is 89.4 Å². The maximum Gasteiger partial charge on any atom is 0.220 e. The molecule has 3 heterocycles. The summed E-state index contributed by atoms with van der Waals surface area (Å²) in [4.78, 5) is 13.3. The van der Waals surface area contributed by atoms with Crippen LogP contribution in [0, 0.1) is 0 Å². The van der Waals surface area contributed by atoms with E-state index >= 15 is 0 Å². The van der Waals surface area contributed by atoms with Gasteiger partial charge in [0.15, 0.2) is 18.9 Å². The molecule has 0 aromatic heterocycles. The Kier molecular flexibility index (Phi) is 35.8. The van der Waals surface area contributed by atoms with Crippen molar-refractivity contribution in [3.05, 3.63) is 48.6 Å². The molecule has 75 heavy (non-hydrogen) atoms. The molecule has 3 rings (SSSR count). The lowest BCUT2D eigenvalue weighted by atomic mass is 9.96. The number of ether oxygens (including phenoxy) is 6. The van der Waals surface area contributed by atoms with Crippen molar-refractivity contribution in [2.45, 2.75) is 272 Å². The Morgan fingerprint density at radius 3 is 1.44 bits per heavy atom. The summed E-state index contributed by atoms with van der Waals surface area (Å²) < 4.78 is 34.1. The van der Waals surface area contributed by atoms with Crippen LogP contribution in [0.5, 0.6) is 0 Å². The molecule has 3 saturated heterocycles. The third-order valence-corrected chi connectivity index (χ3v) is 14.1. The second-order valence-electron chi connectivity index (χ2n) is 20.4. The number of aliphatic hydroxyl groups is 11. The van der Waals surface area contributed by atoms with Gasteiger partial charge in [0.05, 0.1) is 38.6 Å². The van der Waals surface area contributed by atoms with Gasteiger partial charge in [-0.3, -0.25) is 4.79 Å². The lowest BCUT2D eigenvalue weighted by molar-refractivity contribution is -0.379. The van der Waals surface area contributed by atoms with Crippen molar-refractivity contribution in [1.29, 1.82) is 0 Å². The van der Waals surface area contributed by atoms with Gasteiger partial charge >= 0.3 is 0 Å². The lowest BCUT2D eigenvalue weighted by Crippen LogP contribution is -2.66. The summed E-state index contributed by atoms with van der Waals surface area (Å²) in [5.74, 6) is -0.303. The van der Waals surface area contributed by atoms with Gasteiger partial charge < -0.3 is 89.9 Å². The fourth-order valence-electron chi connectivity index (χ4n) is 9.35. The molecule has 3 fully saturated rings. The molecule has 436 valence electrons. The first-order valence-electron chi connectivity index (χ1n) is 28.4. The van der Waals surface area contributed by atoms with Gasteiger partial charge in [-0.1, -0.05) is 146 Å². The summed E-state index contributed by atoms with van der Waals surface area (Å²) >= 11 is 0. The van der Waals surface area contributed by atoms with Gasteiger partial charge in [-0.2, -0.15) is 0 Å². The second kappa shape index (κ2) is 40.0. The molecule has 17 atom stereocenters. The van der Waals surface area contributed by atoms with Gasteiger partial charge in [0.2, 0.25) is 5.91 Å². The fraction of sp³-hybridized carbons (Fsp3) is 0.839. The van der Waals surface area contributed by atoms with Gasteiger partial charge in [-0.15, -0.1) is 0 Å². The largest absolute Gasteiger partial charge is 0.394 e. The Labute approximate surface area is 446 Å². The average molecular weight is 1070 g/mol. The van der Waals surface area contributed by atoms with Crippen molar-refractivity contribution in [2.75, 3.05) is 26.4 Å². The molecule has 3 aliphatic heterocycles. The van der Waals surface area contributed by atoms with Gasteiger partial charge in [0, 0.05) is 6.42 Å². The molecule has 0 aromatic rings. The van der Waals surface area contributed by atoms with E-state index in [4.69, 9.17) is 28.4 Å². The quantitative estimate of drug-likeness (QED) is 0.0306. The molecule has 0 saturated carbocycles. The van der Waals surface area contributed by atoms with Crippen LogP contribution in [0.25, 0.3) is 0 Å². The van der Waals surface area contributed by atoms with Crippen LogP contribution >= 0.6 is 0 Å². The first kappa shape index (κ1) is 67.0. The Bertz CT molecular complexity index is 1570. The number of unbranched alkanes of at least 4 members (excludes halogenated alkanes) is 18. The van der Waals surface area contributed by atoms with Gasteiger partial charge in [-0.25, -0.2) is 0 Å². The Hall–Kier alpha value is -2.25. The highest BCUT2D eigenvalue weighted by Gasteiger charge is 2.53. The molecule has 0 spiro atoms. The van der Waals surface area contributed by atoms with Crippen molar-refractivity contribution in [3.63, 3.8) is 0 Å². The molecule has 1 amide bonds. The van der Waals surface area contributed by atoms with Crippen LogP contribution in [0.4, 0.5) is 0 Å². The molecule has 12 N–H and O–H groups in total. The van der Waals surface area contributed by atoms with E-state index in [2.05, 4.69) is 55.6 Å². The van der Waals surface area contributed by atoms with Crippen LogP contribution in [0.3, 0.4) is 0 Å². The van der Waals surface area contributed by atoms with Crippen LogP contribution in [0.15, 0.2) is 48.6 Å². The molecule has 0 radical (unpaired) electrons. The van der Waals surface area contributed by atoms with Crippen molar-refractivity contribution in [2.24, 2.45) is 0 Å². The highest BCUT2D eigenvalue weighted by Crippen LogP contribution is 2.33. The normalized spacial score (nSPS) is 31.6. The molecule has 17 unspecified atom stereocenters. The predicted octanol–water partition coefficient (Wildman–Crippen LogP) is 3.92. The number of aliphatic hydroxyl groups excluding tert-OH is 11. The van der Waals surface area contributed by atoms with E-state index in [0.29, 0.717) is 12.8 Å². The first-order valence-corrected chi connectivity index (χ1v) is 28.4. The third-order valence-electron chi connectivity index (χ3n) is 14.1. The SMILES string of the molecule is CCCCC/C=C\C/C=C\CCCCCCCC(=O)NC(COC1OC(CO)C(OC2OC(CO)C(OC3OC(CO)C(O)C(O)C3O)C(O)C2O)C(O)C1O)C(O)/C=C/CC/C=C/CCCCCCCCCCC. The Morgan fingerprint density at radius 2 is 0.893 bits per heavy atom. The second-order valence-corrected chi connectivity index (χ2v) is 20.4. The molecule has 3 aliphatic rings. The van der Waals surface area contributed by atoms with Crippen LogP contribution in [-0.2, 0) is 33.2 Å². The van der Waals surface area contributed by atoms with Crippen molar-refractivity contribution in [1.82, 2.24) is 5.32 Å². The number of hydrogen-bond acceptors (Lipinski definition) is 18. The minimum absolute atomic E-state index is 0.218. The third kappa shape index (κ3) is 24.8. The Morgan fingerprint density at radius 1 is 0.480 bits per heavy atom. The van der Waals surface area contributed by atoms with Crippen molar-refractivity contribution in [3.8, 4) is 0 Å². The molecule has 19 heteroatoms. The van der Waals surface area contributed by atoms with Crippen LogP contribution < -0.4 is 5.32 Å². The monoisotopic (exact) mass is 1070 g/mol. The molecule has 0 aromatic carbocycles. The molecular formula is C56H99NO18. The Balaban J connectivity index is 1.55. The van der Waals surface area contributed by atoms with E-state index in [0.717, 1.165) is 64.2 Å². The van der Waals surface area contributed by atoms with E-state index in [9.17, 15) is 61.0 Å². The van der Waals surface area contributed by atoms with Crippen LogP contribution in [0.1, 0.15) is 168 Å². The zero-order chi connectivity index (χ0) is 54.8. The minimum Gasteiger partial charge on any atom is -0.394 e. The van der Waals surface area contributed by atoms with E-state index in [1.165, 1.54) is 70.6 Å². The number of carbonyl (C=O) groups is 1. The van der Waals surface area contributed by atoms with Gasteiger partial charge in [-0.05, 0) is 64.2 Å². The minimum atomic E-state index is -1.98. The molecule has 0 aliphatic carbocycles. The number of carbonyl (C=O) groups excluding carboxylic acids is 1. The number of rotatable bonds is 40.